The first kappa shape index (κ1) is 13.4. The predicted molar refractivity (Wildman–Crippen MR) is 85.7 cm³/mol. The zero-order valence-corrected chi connectivity index (χ0v) is 13.0. The third kappa shape index (κ3) is 2.78. The Hall–Kier alpha value is -1.60. The number of rotatable bonds is 2. The Balaban J connectivity index is 2.68. The lowest BCUT2D eigenvalue weighted by molar-refractivity contribution is 0.112. The number of benzene rings is 2. The topological polar surface area (TPSA) is 17.1 Å². The van der Waals surface area contributed by atoms with Gasteiger partial charge in [-0.1, -0.05) is 62.7 Å². The Morgan fingerprint density at radius 1 is 1.15 bits per heavy atom. The molecule has 0 atom stereocenters. The van der Waals surface area contributed by atoms with E-state index in [9.17, 15) is 4.79 Å². The van der Waals surface area contributed by atoms with Crippen molar-refractivity contribution in [2.24, 2.45) is 0 Å². The predicted octanol–water partition coefficient (Wildman–Crippen LogP) is 5.43. The van der Waals surface area contributed by atoms with Gasteiger partial charge in [0.05, 0.1) is 1.37 Å². The van der Waals surface area contributed by atoms with Crippen LogP contribution in [-0.2, 0) is 5.41 Å². The molecular formula is C18H19ClO. The van der Waals surface area contributed by atoms with Crippen LogP contribution in [0.15, 0.2) is 36.4 Å². The molecule has 1 nitrogen and oxygen atoms in total. The van der Waals surface area contributed by atoms with Gasteiger partial charge < -0.3 is 0 Å². The van der Waals surface area contributed by atoms with E-state index in [0.717, 1.165) is 28.5 Å². The molecule has 2 aromatic carbocycles. The van der Waals surface area contributed by atoms with Gasteiger partial charge in [-0.2, -0.15) is 0 Å². The van der Waals surface area contributed by atoms with Gasteiger partial charge in [0, 0.05) is 16.1 Å². The van der Waals surface area contributed by atoms with Crippen LogP contribution in [0, 0.1) is 6.92 Å². The van der Waals surface area contributed by atoms with Crippen molar-refractivity contribution in [2.45, 2.75) is 33.1 Å². The van der Waals surface area contributed by atoms with Gasteiger partial charge in [0.25, 0.3) is 0 Å². The fourth-order valence-electron chi connectivity index (χ4n) is 2.19. The molecule has 0 saturated carbocycles. The number of carbonyl (C=O) groups excluding carboxylic acids is 1. The van der Waals surface area contributed by atoms with Gasteiger partial charge in [-0.3, -0.25) is 4.79 Å². The number of halogens is 1. The van der Waals surface area contributed by atoms with Crippen molar-refractivity contribution in [3.63, 3.8) is 0 Å². The van der Waals surface area contributed by atoms with Crippen LogP contribution in [0.3, 0.4) is 0 Å². The molecule has 104 valence electrons. The maximum Gasteiger partial charge on any atom is 0.150 e. The van der Waals surface area contributed by atoms with Crippen LogP contribution >= 0.6 is 11.6 Å². The highest BCUT2D eigenvalue weighted by molar-refractivity contribution is 6.33. The van der Waals surface area contributed by atoms with Gasteiger partial charge in [0.1, 0.15) is 6.29 Å². The number of hydrogen-bond donors (Lipinski definition) is 0. The highest BCUT2D eigenvalue weighted by Gasteiger charge is 2.16. The molecule has 0 saturated heterocycles. The van der Waals surface area contributed by atoms with Crippen molar-refractivity contribution in [3.8, 4) is 11.1 Å². The van der Waals surface area contributed by atoms with Crippen LogP contribution in [-0.4, -0.2) is 6.29 Å². The molecule has 0 bridgehead atoms. The molecule has 0 N–H and O–H groups in total. The van der Waals surface area contributed by atoms with E-state index >= 15 is 0 Å². The largest absolute Gasteiger partial charge is 0.298 e. The minimum atomic E-state index is -0.126. The standard InChI is InChI=1S/C18H19ClO/c1-12-13(11-20)6-5-7-15(12)16-9-8-14(10-17(16)19)18(2,3)4/h5-11H,1-4H3/i10D. The summed E-state index contributed by atoms with van der Waals surface area (Å²) >= 11 is 6.43. The van der Waals surface area contributed by atoms with E-state index in [2.05, 4.69) is 20.8 Å². The van der Waals surface area contributed by atoms with Gasteiger partial charge in [-0.05, 0) is 35.1 Å². The van der Waals surface area contributed by atoms with Crippen molar-refractivity contribution in [3.05, 3.63) is 58.1 Å². The highest BCUT2D eigenvalue weighted by atomic mass is 35.5. The Morgan fingerprint density at radius 2 is 1.85 bits per heavy atom. The van der Waals surface area contributed by atoms with E-state index in [0.29, 0.717) is 16.6 Å². The summed E-state index contributed by atoms with van der Waals surface area (Å²) in [4.78, 5) is 11.1. The number of hydrogen-bond acceptors (Lipinski definition) is 1. The van der Waals surface area contributed by atoms with E-state index in [-0.39, 0.29) is 5.41 Å². The van der Waals surface area contributed by atoms with Crippen molar-refractivity contribution >= 4 is 17.9 Å². The fraction of sp³-hybridized carbons (Fsp3) is 0.278. The molecule has 2 heteroatoms. The summed E-state index contributed by atoms with van der Waals surface area (Å²) in [7, 11) is 0. The van der Waals surface area contributed by atoms with Crippen molar-refractivity contribution in [1.82, 2.24) is 0 Å². The first-order valence-electron chi connectivity index (χ1n) is 7.12. The summed E-state index contributed by atoms with van der Waals surface area (Å²) < 4.78 is 8.31. The molecule has 0 fully saturated rings. The molecule has 0 heterocycles. The van der Waals surface area contributed by atoms with Crippen LogP contribution in [0.1, 0.15) is 43.6 Å². The molecule has 0 amide bonds. The minimum Gasteiger partial charge on any atom is -0.298 e. The molecule has 0 aliphatic carbocycles. The van der Waals surface area contributed by atoms with Gasteiger partial charge in [-0.25, -0.2) is 0 Å². The minimum absolute atomic E-state index is 0.126. The van der Waals surface area contributed by atoms with E-state index in [4.69, 9.17) is 13.0 Å². The van der Waals surface area contributed by atoms with Crippen molar-refractivity contribution < 1.29 is 6.17 Å². The molecule has 20 heavy (non-hydrogen) atoms. The third-order valence-electron chi connectivity index (χ3n) is 3.50. The Bertz CT molecular complexity index is 699. The van der Waals surface area contributed by atoms with Crippen molar-refractivity contribution in [2.75, 3.05) is 0 Å². The van der Waals surface area contributed by atoms with Crippen LogP contribution in [0.25, 0.3) is 11.1 Å². The molecule has 2 rings (SSSR count). The lowest BCUT2D eigenvalue weighted by Crippen LogP contribution is -2.10. The monoisotopic (exact) mass is 287 g/mol. The Kier molecular flexibility index (Phi) is 3.62. The molecule has 0 aromatic heterocycles. The van der Waals surface area contributed by atoms with E-state index in [1.165, 1.54) is 0 Å². The van der Waals surface area contributed by atoms with Crippen LogP contribution in [0.5, 0.6) is 0 Å². The second-order valence-corrected chi connectivity index (χ2v) is 6.37. The van der Waals surface area contributed by atoms with Gasteiger partial charge in [-0.15, -0.1) is 0 Å². The number of aldehydes is 1. The zero-order valence-electron chi connectivity index (χ0n) is 13.3. The maximum absolute atomic E-state index is 11.1. The molecule has 2 aromatic rings. The molecule has 0 spiro atoms. The average Bonchev–Trinajstić information content (AvgIpc) is 2.41. The quantitative estimate of drug-likeness (QED) is 0.674. The smallest absolute Gasteiger partial charge is 0.150 e. The summed E-state index contributed by atoms with van der Waals surface area (Å²) in [5.41, 5.74) is 4.03. The van der Waals surface area contributed by atoms with Crippen LogP contribution in [0.4, 0.5) is 0 Å². The molecular weight excluding hydrogens is 268 g/mol. The summed E-state index contributed by atoms with van der Waals surface area (Å²) in [6.45, 7) is 8.09. The highest BCUT2D eigenvalue weighted by Crippen LogP contribution is 2.34. The second kappa shape index (κ2) is 5.41. The molecule has 0 aliphatic heterocycles. The zero-order chi connectivity index (χ0) is 15.8. The van der Waals surface area contributed by atoms with E-state index in [1.54, 1.807) is 6.07 Å². The van der Waals surface area contributed by atoms with Gasteiger partial charge in [0.15, 0.2) is 0 Å². The number of carbonyl (C=O) groups is 1. The SMILES string of the molecule is [2H]c1c(C(C)(C)C)ccc(-c2cccc(C=O)c2C)c1Cl. The summed E-state index contributed by atoms with van der Waals surface area (Å²) in [6.07, 6.45) is 0.845. The van der Waals surface area contributed by atoms with Crippen molar-refractivity contribution in [1.29, 1.82) is 0 Å². The summed E-state index contributed by atoms with van der Waals surface area (Å²) in [5.74, 6) is 0. The lowest BCUT2D eigenvalue weighted by atomic mass is 9.85. The Morgan fingerprint density at radius 3 is 2.45 bits per heavy atom. The maximum atomic E-state index is 11.1. The molecule has 0 aliphatic rings. The first-order valence-corrected chi connectivity index (χ1v) is 7.00. The third-order valence-corrected chi connectivity index (χ3v) is 3.80. The average molecular weight is 288 g/mol. The molecule has 0 radical (unpaired) electrons. The second-order valence-electron chi connectivity index (χ2n) is 5.99. The fourth-order valence-corrected chi connectivity index (χ4v) is 2.45. The van der Waals surface area contributed by atoms with Crippen LogP contribution in [0.2, 0.25) is 5.02 Å². The molecule has 0 unspecified atom stereocenters. The van der Waals surface area contributed by atoms with Gasteiger partial charge >= 0.3 is 0 Å². The Labute approximate surface area is 127 Å². The summed E-state index contributed by atoms with van der Waals surface area (Å²) in [6, 6.07) is 9.81. The normalized spacial score (nSPS) is 12.2. The van der Waals surface area contributed by atoms with Gasteiger partial charge in [0.2, 0.25) is 0 Å². The lowest BCUT2D eigenvalue weighted by Gasteiger charge is -2.20. The van der Waals surface area contributed by atoms with E-state index < -0.39 is 0 Å². The first-order chi connectivity index (χ1) is 9.77. The summed E-state index contributed by atoms with van der Waals surface area (Å²) in [5, 5.41) is 0.438. The van der Waals surface area contributed by atoms with E-state index in [1.807, 2.05) is 31.2 Å². The van der Waals surface area contributed by atoms with Crippen LogP contribution < -0.4 is 0 Å².